The van der Waals surface area contributed by atoms with Crippen LogP contribution >= 0.6 is 12.4 Å². The van der Waals surface area contributed by atoms with E-state index in [0.717, 1.165) is 12.8 Å². The van der Waals surface area contributed by atoms with Crippen LogP contribution in [0.3, 0.4) is 0 Å². The van der Waals surface area contributed by atoms with Crippen molar-refractivity contribution in [1.29, 1.82) is 0 Å². The molecule has 1 fully saturated rings. The van der Waals surface area contributed by atoms with Crippen LogP contribution in [-0.4, -0.2) is 42.3 Å². The molecule has 0 spiro atoms. The Labute approximate surface area is 99.9 Å². The highest BCUT2D eigenvalue weighted by Crippen LogP contribution is 2.06. The number of carbonyl (C=O) groups is 2. The van der Waals surface area contributed by atoms with E-state index in [0.29, 0.717) is 13.2 Å². The monoisotopic (exact) mass is 252 g/mol. The van der Waals surface area contributed by atoms with Crippen molar-refractivity contribution in [2.24, 2.45) is 5.73 Å². The molecule has 4 N–H and O–H groups in total. The van der Waals surface area contributed by atoms with Gasteiger partial charge in [-0.3, -0.25) is 9.59 Å². The molecule has 0 radical (unpaired) electrons. The van der Waals surface area contributed by atoms with Crippen molar-refractivity contribution in [3.05, 3.63) is 0 Å². The summed E-state index contributed by atoms with van der Waals surface area (Å²) in [5.41, 5.74) is 5.41. The van der Waals surface area contributed by atoms with Crippen LogP contribution in [0.2, 0.25) is 0 Å². The molecule has 0 aromatic rings. The van der Waals surface area contributed by atoms with Crippen LogP contribution in [-0.2, 0) is 14.3 Å². The van der Waals surface area contributed by atoms with E-state index in [4.69, 9.17) is 15.6 Å². The molecule has 0 aliphatic carbocycles. The Morgan fingerprint density at radius 2 is 2.00 bits per heavy atom. The summed E-state index contributed by atoms with van der Waals surface area (Å²) >= 11 is 0. The summed E-state index contributed by atoms with van der Waals surface area (Å²) in [4.78, 5) is 21.7. The van der Waals surface area contributed by atoms with Crippen molar-refractivity contribution < 1.29 is 19.4 Å². The van der Waals surface area contributed by atoms with E-state index in [1.54, 1.807) is 0 Å². The number of carboxylic acid groups (broad SMARTS) is 1. The molecule has 16 heavy (non-hydrogen) atoms. The average molecular weight is 253 g/mol. The lowest BCUT2D eigenvalue weighted by Gasteiger charge is -2.24. The number of amides is 1. The Morgan fingerprint density at radius 3 is 2.50 bits per heavy atom. The molecule has 1 aliphatic rings. The number of hydrogen-bond acceptors (Lipinski definition) is 4. The molecule has 1 saturated heterocycles. The number of nitrogens with two attached hydrogens (primary N) is 1. The molecule has 1 aliphatic heterocycles. The fraction of sp³-hybridized carbons (Fsp3) is 0.778. The summed E-state index contributed by atoms with van der Waals surface area (Å²) < 4.78 is 5.13. The number of hydrogen-bond donors (Lipinski definition) is 3. The molecular formula is C9H17ClN2O4. The number of rotatable bonds is 4. The number of nitrogens with one attached hydrogen (secondary N) is 1. The van der Waals surface area contributed by atoms with Gasteiger partial charge in [0.05, 0.1) is 12.5 Å². The van der Waals surface area contributed by atoms with E-state index < -0.39 is 17.9 Å². The molecule has 1 rings (SSSR count). The van der Waals surface area contributed by atoms with Gasteiger partial charge in [0.1, 0.15) is 0 Å². The minimum atomic E-state index is -1.07. The number of halogens is 1. The molecular weight excluding hydrogens is 236 g/mol. The van der Waals surface area contributed by atoms with E-state index in [-0.39, 0.29) is 24.9 Å². The zero-order chi connectivity index (χ0) is 11.3. The summed E-state index contributed by atoms with van der Waals surface area (Å²) in [7, 11) is 0. The first-order chi connectivity index (χ1) is 7.09. The Hall–Kier alpha value is -0.850. The highest BCUT2D eigenvalue weighted by Gasteiger charge is 2.21. The molecule has 0 saturated carbocycles. The van der Waals surface area contributed by atoms with E-state index >= 15 is 0 Å². The summed E-state index contributed by atoms with van der Waals surface area (Å²) in [5, 5.41) is 11.2. The van der Waals surface area contributed by atoms with Crippen LogP contribution in [0.5, 0.6) is 0 Å². The summed E-state index contributed by atoms with van der Waals surface area (Å²) in [5.74, 6) is -1.46. The van der Waals surface area contributed by atoms with Gasteiger partial charge in [-0.2, -0.15) is 0 Å². The lowest BCUT2D eigenvalue weighted by molar-refractivity contribution is -0.139. The maximum Gasteiger partial charge on any atom is 0.305 e. The highest BCUT2D eigenvalue weighted by molar-refractivity contribution is 5.86. The Balaban J connectivity index is 0.00000225. The van der Waals surface area contributed by atoms with Gasteiger partial charge in [0.15, 0.2) is 0 Å². The Morgan fingerprint density at radius 1 is 1.44 bits per heavy atom. The van der Waals surface area contributed by atoms with Gasteiger partial charge < -0.3 is 20.9 Å². The van der Waals surface area contributed by atoms with Gasteiger partial charge in [-0.1, -0.05) is 0 Å². The van der Waals surface area contributed by atoms with Crippen LogP contribution < -0.4 is 11.1 Å². The second-order valence-electron chi connectivity index (χ2n) is 3.60. The fourth-order valence-electron chi connectivity index (χ4n) is 1.43. The first-order valence-corrected chi connectivity index (χ1v) is 4.95. The minimum Gasteiger partial charge on any atom is -0.481 e. The zero-order valence-electron chi connectivity index (χ0n) is 8.85. The normalized spacial score (nSPS) is 18.3. The molecule has 6 nitrogen and oxygen atoms in total. The van der Waals surface area contributed by atoms with Gasteiger partial charge in [-0.05, 0) is 12.8 Å². The van der Waals surface area contributed by atoms with Gasteiger partial charge >= 0.3 is 5.97 Å². The van der Waals surface area contributed by atoms with Crippen molar-refractivity contribution in [2.75, 3.05) is 13.2 Å². The number of carboxylic acids is 1. The Kier molecular flexibility index (Phi) is 7.03. The molecule has 94 valence electrons. The SMILES string of the molecule is Cl.N[C@H](CC(=O)O)C(=O)NC1CCOCC1. The summed E-state index contributed by atoms with van der Waals surface area (Å²) in [6.07, 6.45) is 1.17. The second-order valence-corrected chi connectivity index (χ2v) is 3.60. The summed E-state index contributed by atoms with van der Waals surface area (Å²) in [6, 6.07) is -0.906. The highest BCUT2D eigenvalue weighted by atomic mass is 35.5. The number of ether oxygens (including phenoxy) is 1. The molecule has 0 aromatic carbocycles. The van der Waals surface area contributed by atoms with E-state index in [1.807, 2.05) is 0 Å². The largest absolute Gasteiger partial charge is 0.481 e. The smallest absolute Gasteiger partial charge is 0.305 e. The van der Waals surface area contributed by atoms with Crippen LogP contribution in [0.4, 0.5) is 0 Å². The van der Waals surface area contributed by atoms with Crippen molar-refractivity contribution in [1.82, 2.24) is 5.32 Å². The number of carbonyl (C=O) groups excluding carboxylic acids is 1. The van der Waals surface area contributed by atoms with Crippen LogP contribution in [0.15, 0.2) is 0 Å². The lowest BCUT2D eigenvalue weighted by Crippen LogP contribution is -2.47. The molecule has 1 heterocycles. The van der Waals surface area contributed by atoms with Gasteiger partial charge in [0.2, 0.25) is 5.91 Å². The maximum absolute atomic E-state index is 11.4. The quantitative estimate of drug-likeness (QED) is 0.626. The van der Waals surface area contributed by atoms with Gasteiger partial charge in [0, 0.05) is 19.3 Å². The minimum absolute atomic E-state index is 0. The van der Waals surface area contributed by atoms with Crippen molar-refractivity contribution in [2.45, 2.75) is 31.3 Å². The molecule has 7 heteroatoms. The molecule has 0 aromatic heterocycles. The molecule has 0 bridgehead atoms. The lowest BCUT2D eigenvalue weighted by atomic mass is 10.1. The molecule has 1 amide bonds. The summed E-state index contributed by atoms with van der Waals surface area (Å²) in [6.45, 7) is 1.25. The van der Waals surface area contributed by atoms with Crippen LogP contribution in [0.1, 0.15) is 19.3 Å². The molecule has 1 atom stereocenters. The predicted octanol–water partition coefficient (Wildman–Crippen LogP) is -0.495. The van der Waals surface area contributed by atoms with Crippen molar-refractivity contribution in [3.63, 3.8) is 0 Å². The third-order valence-electron chi connectivity index (χ3n) is 2.30. The van der Waals surface area contributed by atoms with Gasteiger partial charge in [-0.25, -0.2) is 0 Å². The van der Waals surface area contributed by atoms with E-state index in [2.05, 4.69) is 5.32 Å². The average Bonchev–Trinajstić information content (AvgIpc) is 2.18. The fourth-order valence-corrected chi connectivity index (χ4v) is 1.43. The third-order valence-corrected chi connectivity index (χ3v) is 2.30. The van der Waals surface area contributed by atoms with Crippen molar-refractivity contribution in [3.8, 4) is 0 Å². The topological polar surface area (TPSA) is 102 Å². The van der Waals surface area contributed by atoms with Gasteiger partial charge in [0.25, 0.3) is 0 Å². The van der Waals surface area contributed by atoms with Crippen molar-refractivity contribution >= 4 is 24.3 Å². The predicted molar refractivity (Wildman–Crippen MR) is 59.5 cm³/mol. The second kappa shape index (κ2) is 7.43. The van der Waals surface area contributed by atoms with Crippen LogP contribution in [0.25, 0.3) is 0 Å². The standard InChI is InChI=1S/C9H16N2O4.ClH/c10-7(5-8(12)13)9(14)11-6-1-3-15-4-2-6;/h6-7H,1-5,10H2,(H,11,14)(H,12,13);1H/t7-;/m1./s1. The Bertz CT molecular complexity index is 244. The first kappa shape index (κ1) is 15.2. The maximum atomic E-state index is 11.4. The third kappa shape index (κ3) is 5.29. The van der Waals surface area contributed by atoms with Crippen LogP contribution in [0, 0.1) is 0 Å². The molecule has 0 unspecified atom stereocenters. The van der Waals surface area contributed by atoms with Gasteiger partial charge in [-0.15, -0.1) is 12.4 Å². The number of aliphatic carboxylic acids is 1. The van der Waals surface area contributed by atoms with E-state index in [9.17, 15) is 9.59 Å². The van der Waals surface area contributed by atoms with E-state index in [1.165, 1.54) is 0 Å². The zero-order valence-corrected chi connectivity index (χ0v) is 9.66. The first-order valence-electron chi connectivity index (χ1n) is 4.95.